The highest BCUT2D eigenvalue weighted by Crippen LogP contribution is 2.31. The molecule has 0 amide bonds. The number of carboxylic acids is 1. The lowest BCUT2D eigenvalue weighted by molar-refractivity contribution is -0.191. The minimum atomic E-state index is -0.972. The van der Waals surface area contributed by atoms with Gasteiger partial charge in [0.25, 0.3) is 0 Å². The Bertz CT molecular complexity index is 239. The largest absolute Gasteiger partial charge is 0.479 e. The van der Waals surface area contributed by atoms with Gasteiger partial charge in [0.15, 0.2) is 5.60 Å². The summed E-state index contributed by atoms with van der Waals surface area (Å²) < 4.78 is 11.1. The molecule has 0 spiro atoms. The zero-order chi connectivity index (χ0) is 11.4. The van der Waals surface area contributed by atoms with Gasteiger partial charge in [-0.1, -0.05) is 19.3 Å². The van der Waals surface area contributed by atoms with Crippen molar-refractivity contribution in [3.8, 4) is 0 Å². The molecule has 0 radical (unpaired) electrons. The van der Waals surface area contributed by atoms with Crippen molar-refractivity contribution in [2.75, 3.05) is 13.2 Å². The summed E-state index contributed by atoms with van der Waals surface area (Å²) in [6.07, 6.45) is 6.71. The summed E-state index contributed by atoms with van der Waals surface area (Å²) >= 11 is 0. The normalized spacial score (nSPS) is 26.5. The third-order valence-electron chi connectivity index (χ3n) is 3.63. The predicted molar refractivity (Wildman–Crippen MR) is 58.4 cm³/mol. The van der Waals surface area contributed by atoms with Gasteiger partial charge in [0.2, 0.25) is 0 Å². The van der Waals surface area contributed by atoms with Gasteiger partial charge in [-0.05, 0) is 12.8 Å². The average Bonchev–Trinajstić information content (AvgIpc) is 2.31. The highest BCUT2D eigenvalue weighted by molar-refractivity contribution is 5.77. The van der Waals surface area contributed by atoms with E-state index in [2.05, 4.69) is 0 Å². The zero-order valence-electron chi connectivity index (χ0n) is 9.61. The molecule has 1 aliphatic carbocycles. The first-order valence-corrected chi connectivity index (χ1v) is 6.22. The second-order valence-electron chi connectivity index (χ2n) is 4.79. The number of rotatable bonds is 3. The van der Waals surface area contributed by atoms with Crippen molar-refractivity contribution in [1.82, 2.24) is 0 Å². The molecule has 1 saturated carbocycles. The lowest BCUT2D eigenvalue weighted by Crippen LogP contribution is -2.48. The summed E-state index contributed by atoms with van der Waals surface area (Å²) in [6.45, 7) is 0.998. The second-order valence-corrected chi connectivity index (χ2v) is 4.79. The van der Waals surface area contributed by atoms with Gasteiger partial charge in [-0.2, -0.15) is 0 Å². The number of hydrogen-bond donors (Lipinski definition) is 1. The fourth-order valence-electron chi connectivity index (χ4n) is 2.59. The standard InChI is InChI=1S/C12H20O4/c13-11(14)12(6-8-15-9-7-12)16-10-4-2-1-3-5-10/h10H,1-9H2,(H,13,14). The molecule has 0 aromatic carbocycles. The molecule has 1 heterocycles. The van der Waals surface area contributed by atoms with E-state index in [-0.39, 0.29) is 6.10 Å². The molecule has 0 atom stereocenters. The second kappa shape index (κ2) is 5.15. The highest BCUT2D eigenvalue weighted by atomic mass is 16.5. The molecule has 92 valence electrons. The van der Waals surface area contributed by atoms with E-state index in [9.17, 15) is 9.90 Å². The molecule has 0 unspecified atom stereocenters. The van der Waals surface area contributed by atoms with Gasteiger partial charge in [-0.15, -0.1) is 0 Å². The minimum Gasteiger partial charge on any atom is -0.479 e. The van der Waals surface area contributed by atoms with Crippen LogP contribution < -0.4 is 0 Å². The van der Waals surface area contributed by atoms with Crippen LogP contribution in [-0.4, -0.2) is 36.0 Å². The molecule has 16 heavy (non-hydrogen) atoms. The molecular formula is C12H20O4. The van der Waals surface area contributed by atoms with Crippen LogP contribution >= 0.6 is 0 Å². The van der Waals surface area contributed by atoms with Crippen LogP contribution in [-0.2, 0) is 14.3 Å². The van der Waals surface area contributed by atoms with Crippen LogP contribution in [0.15, 0.2) is 0 Å². The maximum absolute atomic E-state index is 11.4. The number of carboxylic acid groups (broad SMARTS) is 1. The van der Waals surface area contributed by atoms with Crippen molar-refractivity contribution in [1.29, 1.82) is 0 Å². The van der Waals surface area contributed by atoms with Gasteiger partial charge in [0.1, 0.15) is 0 Å². The van der Waals surface area contributed by atoms with Crippen LogP contribution in [0.2, 0.25) is 0 Å². The molecular weight excluding hydrogens is 208 g/mol. The number of hydrogen-bond acceptors (Lipinski definition) is 3. The van der Waals surface area contributed by atoms with Crippen molar-refractivity contribution in [2.45, 2.75) is 56.7 Å². The molecule has 2 rings (SSSR count). The number of ether oxygens (including phenoxy) is 2. The lowest BCUT2D eigenvalue weighted by atomic mass is 9.91. The van der Waals surface area contributed by atoms with E-state index in [0.717, 1.165) is 25.7 Å². The van der Waals surface area contributed by atoms with E-state index in [0.29, 0.717) is 26.1 Å². The first-order chi connectivity index (χ1) is 7.73. The van der Waals surface area contributed by atoms with E-state index in [4.69, 9.17) is 9.47 Å². The van der Waals surface area contributed by atoms with Crippen LogP contribution in [0.5, 0.6) is 0 Å². The summed E-state index contributed by atoms with van der Waals surface area (Å²) in [5, 5.41) is 9.34. The Morgan fingerprint density at radius 2 is 1.81 bits per heavy atom. The van der Waals surface area contributed by atoms with Crippen molar-refractivity contribution >= 4 is 5.97 Å². The first kappa shape index (κ1) is 11.9. The molecule has 1 saturated heterocycles. The molecule has 1 N–H and O–H groups in total. The third-order valence-corrected chi connectivity index (χ3v) is 3.63. The lowest BCUT2D eigenvalue weighted by Gasteiger charge is -2.37. The van der Waals surface area contributed by atoms with Gasteiger partial charge in [-0.25, -0.2) is 4.79 Å². The zero-order valence-corrected chi connectivity index (χ0v) is 9.61. The van der Waals surface area contributed by atoms with Crippen LogP contribution in [0.3, 0.4) is 0 Å². The smallest absolute Gasteiger partial charge is 0.336 e. The van der Waals surface area contributed by atoms with Crippen molar-refractivity contribution in [3.05, 3.63) is 0 Å². The number of aliphatic carboxylic acids is 1. The molecule has 2 aliphatic rings. The van der Waals surface area contributed by atoms with E-state index in [1.165, 1.54) is 6.42 Å². The van der Waals surface area contributed by atoms with Gasteiger partial charge in [0.05, 0.1) is 6.10 Å². The third kappa shape index (κ3) is 2.55. The van der Waals surface area contributed by atoms with E-state index in [1.807, 2.05) is 0 Å². The fourth-order valence-corrected chi connectivity index (χ4v) is 2.59. The van der Waals surface area contributed by atoms with Crippen LogP contribution in [0.1, 0.15) is 44.9 Å². The Labute approximate surface area is 95.9 Å². The number of carbonyl (C=O) groups is 1. The van der Waals surface area contributed by atoms with E-state index >= 15 is 0 Å². The fraction of sp³-hybridized carbons (Fsp3) is 0.917. The highest BCUT2D eigenvalue weighted by Gasteiger charge is 2.43. The van der Waals surface area contributed by atoms with Crippen molar-refractivity contribution in [2.24, 2.45) is 0 Å². The van der Waals surface area contributed by atoms with Crippen LogP contribution in [0.25, 0.3) is 0 Å². The van der Waals surface area contributed by atoms with E-state index in [1.54, 1.807) is 0 Å². The molecule has 0 bridgehead atoms. The summed E-state index contributed by atoms with van der Waals surface area (Å²) in [6, 6.07) is 0. The molecule has 4 nitrogen and oxygen atoms in total. The summed E-state index contributed by atoms with van der Waals surface area (Å²) in [5.41, 5.74) is -0.972. The molecule has 4 heteroatoms. The van der Waals surface area contributed by atoms with Gasteiger partial charge >= 0.3 is 5.97 Å². The minimum absolute atomic E-state index is 0.142. The van der Waals surface area contributed by atoms with Gasteiger partial charge < -0.3 is 14.6 Å². The topological polar surface area (TPSA) is 55.8 Å². The Balaban J connectivity index is 1.98. The molecule has 0 aromatic heterocycles. The SMILES string of the molecule is O=C(O)C1(OC2CCCCC2)CCOCC1. The Morgan fingerprint density at radius 1 is 1.19 bits per heavy atom. The maximum atomic E-state index is 11.4. The van der Waals surface area contributed by atoms with Crippen molar-refractivity contribution in [3.63, 3.8) is 0 Å². The Kier molecular flexibility index (Phi) is 3.82. The van der Waals surface area contributed by atoms with Gasteiger partial charge in [0, 0.05) is 26.1 Å². The summed E-state index contributed by atoms with van der Waals surface area (Å²) in [5.74, 6) is -0.818. The van der Waals surface area contributed by atoms with E-state index < -0.39 is 11.6 Å². The predicted octanol–water partition coefficient (Wildman–Crippen LogP) is 1.97. The van der Waals surface area contributed by atoms with Crippen LogP contribution in [0, 0.1) is 0 Å². The summed E-state index contributed by atoms with van der Waals surface area (Å²) in [4.78, 5) is 11.4. The quantitative estimate of drug-likeness (QED) is 0.802. The van der Waals surface area contributed by atoms with Crippen LogP contribution in [0.4, 0.5) is 0 Å². The molecule has 1 aliphatic heterocycles. The Morgan fingerprint density at radius 3 is 2.38 bits per heavy atom. The molecule has 2 fully saturated rings. The molecule has 0 aromatic rings. The summed E-state index contributed by atoms with van der Waals surface area (Å²) in [7, 11) is 0. The first-order valence-electron chi connectivity index (χ1n) is 6.22. The monoisotopic (exact) mass is 228 g/mol. The van der Waals surface area contributed by atoms with Gasteiger partial charge in [-0.3, -0.25) is 0 Å². The average molecular weight is 228 g/mol. The Hall–Kier alpha value is -0.610. The maximum Gasteiger partial charge on any atom is 0.336 e. The van der Waals surface area contributed by atoms with Crippen molar-refractivity contribution < 1.29 is 19.4 Å².